The van der Waals surface area contributed by atoms with Gasteiger partial charge in [-0.1, -0.05) is 36.4 Å². The number of benzene rings is 3. The molecule has 4 nitrogen and oxygen atoms in total. The Balaban J connectivity index is 1.33. The molecule has 0 radical (unpaired) electrons. The number of aromatic nitrogens is 2. The largest absolute Gasteiger partial charge is 0.358 e. The van der Waals surface area contributed by atoms with Crippen LogP contribution in [-0.4, -0.2) is 15.9 Å². The zero-order valence-corrected chi connectivity index (χ0v) is 17.8. The van der Waals surface area contributed by atoms with Crippen molar-refractivity contribution in [3.8, 4) is 10.6 Å². The molecule has 0 atom stereocenters. The van der Waals surface area contributed by atoms with E-state index in [1.54, 1.807) is 11.3 Å². The second-order valence-corrected chi connectivity index (χ2v) is 9.07. The van der Waals surface area contributed by atoms with Crippen LogP contribution < -0.4 is 5.32 Å². The summed E-state index contributed by atoms with van der Waals surface area (Å²) in [6.45, 7) is 0. The van der Waals surface area contributed by atoms with E-state index >= 15 is 0 Å². The summed E-state index contributed by atoms with van der Waals surface area (Å²) in [4.78, 5) is 21.5. The van der Waals surface area contributed by atoms with Gasteiger partial charge in [0, 0.05) is 22.3 Å². The van der Waals surface area contributed by atoms with Crippen molar-refractivity contribution in [3.63, 3.8) is 0 Å². The number of H-pyrrole nitrogens is 1. The number of aromatic amines is 1. The molecule has 1 amide bonds. The molecule has 5 heteroatoms. The van der Waals surface area contributed by atoms with Gasteiger partial charge < -0.3 is 10.3 Å². The van der Waals surface area contributed by atoms with E-state index in [-0.39, 0.29) is 5.91 Å². The molecule has 2 aromatic heterocycles. The van der Waals surface area contributed by atoms with Gasteiger partial charge in [0.05, 0.1) is 21.3 Å². The van der Waals surface area contributed by atoms with Crippen molar-refractivity contribution < 1.29 is 4.79 Å². The van der Waals surface area contributed by atoms with E-state index in [0.29, 0.717) is 5.56 Å². The van der Waals surface area contributed by atoms with Crippen molar-refractivity contribution in [1.29, 1.82) is 0 Å². The third-order valence-corrected chi connectivity index (χ3v) is 7.12. The van der Waals surface area contributed by atoms with Crippen molar-refractivity contribution in [1.82, 2.24) is 9.97 Å². The molecule has 0 unspecified atom stereocenters. The summed E-state index contributed by atoms with van der Waals surface area (Å²) in [7, 11) is 0. The first-order chi connectivity index (χ1) is 15.3. The Morgan fingerprint density at radius 1 is 0.968 bits per heavy atom. The Morgan fingerprint density at radius 3 is 2.77 bits per heavy atom. The lowest BCUT2D eigenvalue weighted by atomic mass is 9.95. The molecular formula is C26H21N3OS. The maximum Gasteiger partial charge on any atom is 0.257 e. The number of rotatable bonds is 3. The molecule has 152 valence electrons. The molecule has 2 heterocycles. The van der Waals surface area contributed by atoms with Crippen molar-refractivity contribution in [2.45, 2.75) is 25.7 Å². The quantitative estimate of drug-likeness (QED) is 0.344. The summed E-state index contributed by atoms with van der Waals surface area (Å²) in [6, 6.07) is 22.1. The number of nitrogens with one attached hydrogen (secondary N) is 2. The van der Waals surface area contributed by atoms with E-state index in [9.17, 15) is 4.79 Å². The van der Waals surface area contributed by atoms with Gasteiger partial charge >= 0.3 is 0 Å². The number of amides is 1. The van der Waals surface area contributed by atoms with Crippen molar-refractivity contribution >= 4 is 44.1 Å². The minimum atomic E-state index is -0.0920. The molecule has 0 bridgehead atoms. The first-order valence-electron chi connectivity index (χ1n) is 10.7. The first-order valence-corrected chi connectivity index (χ1v) is 11.5. The molecule has 0 fully saturated rings. The fraction of sp³-hybridized carbons (Fsp3) is 0.154. The SMILES string of the molecule is O=C(Nc1cccc(-c2nc3ccccc3s2)c1)c1cccc2c3c([nH]c12)CCCC3. The fourth-order valence-corrected chi connectivity index (χ4v) is 5.51. The van der Waals surface area contributed by atoms with Crippen molar-refractivity contribution in [3.05, 3.63) is 83.6 Å². The molecular weight excluding hydrogens is 402 g/mol. The van der Waals surface area contributed by atoms with Gasteiger partial charge in [-0.05, 0) is 61.6 Å². The molecule has 31 heavy (non-hydrogen) atoms. The summed E-state index contributed by atoms with van der Waals surface area (Å²) in [5, 5.41) is 5.23. The summed E-state index contributed by atoms with van der Waals surface area (Å²) in [5.41, 5.74) is 7.10. The van der Waals surface area contributed by atoms with E-state index in [2.05, 4.69) is 22.4 Å². The van der Waals surface area contributed by atoms with Crippen molar-refractivity contribution in [2.24, 2.45) is 0 Å². The minimum absolute atomic E-state index is 0.0920. The highest BCUT2D eigenvalue weighted by atomic mass is 32.1. The first kappa shape index (κ1) is 18.3. The third kappa shape index (κ3) is 3.22. The van der Waals surface area contributed by atoms with Gasteiger partial charge in [-0.3, -0.25) is 4.79 Å². The average molecular weight is 424 g/mol. The van der Waals surface area contributed by atoms with E-state index < -0.39 is 0 Å². The Kier molecular flexibility index (Phi) is 4.35. The number of aryl methyl sites for hydroxylation is 2. The Morgan fingerprint density at radius 2 is 1.84 bits per heavy atom. The maximum absolute atomic E-state index is 13.2. The molecule has 0 aliphatic heterocycles. The molecule has 0 spiro atoms. The third-order valence-electron chi connectivity index (χ3n) is 6.04. The van der Waals surface area contributed by atoms with Crippen LogP contribution in [0.4, 0.5) is 5.69 Å². The minimum Gasteiger partial charge on any atom is -0.358 e. The topological polar surface area (TPSA) is 57.8 Å². The van der Waals surface area contributed by atoms with Gasteiger partial charge in [0.25, 0.3) is 5.91 Å². The van der Waals surface area contributed by atoms with Crippen LogP contribution in [0.25, 0.3) is 31.7 Å². The summed E-state index contributed by atoms with van der Waals surface area (Å²) in [5.74, 6) is -0.0920. The number of thiazole rings is 1. The normalized spacial score (nSPS) is 13.4. The molecule has 1 aliphatic rings. The highest BCUT2D eigenvalue weighted by molar-refractivity contribution is 7.21. The van der Waals surface area contributed by atoms with Gasteiger partial charge in [-0.15, -0.1) is 11.3 Å². The molecule has 0 saturated carbocycles. The highest BCUT2D eigenvalue weighted by Gasteiger charge is 2.19. The number of para-hydroxylation sites is 2. The van der Waals surface area contributed by atoms with E-state index in [1.165, 1.54) is 29.5 Å². The molecule has 3 aromatic carbocycles. The fourth-order valence-electron chi connectivity index (χ4n) is 4.54. The van der Waals surface area contributed by atoms with Gasteiger partial charge in [-0.25, -0.2) is 4.98 Å². The smallest absolute Gasteiger partial charge is 0.257 e. The molecule has 2 N–H and O–H groups in total. The van der Waals surface area contributed by atoms with Crippen LogP contribution >= 0.6 is 11.3 Å². The number of anilines is 1. The van der Waals surface area contributed by atoms with Crippen LogP contribution in [0.15, 0.2) is 66.7 Å². The lowest BCUT2D eigenvalue weighted by Gasteiger charge is -2.10. The van der Waals surface area contributed by atoms with Crippen LogP contribution in [0, 0.1) is 0 Å². The van der Waals surface area contributed by atoms with Crippen LogP contribution in [-0.2, 0) is 12.8 Å². The zero-order valence-electron chi connectivity index (χ0n) is 16.9. The van der Waals surface area contributed by atoms with Gasteiger partial charge in [-0.2, -0.15) is 0 Å². The summed E-state index contributed by atoms with van der Waals surface area (Å²) in [6.07, 6.45) is 4.58. The van der Waals surface area contributed by atoms with Gasteiger partial charge in [0.2, 0.25) is 0 Å². The summed E-state index contributed by atoms with van der Waals surface area (Å²) < 4.78 is 1.16. The van der Waals surface area contributed by atoms with Crippen LogP contribution in [0.1, 0.15) is 34.5 Å². The number of fused-ring (bicyclic) bond motifs is 4. The molecule has 6 rings (SSSR count). The van der Waals surface area contributed by atoms with Crippen LogP contribution in [0.5, 0.6) is 0 Å². The number of carbonyl (C=O) groups excluding carboxylic acids is 1. The number of hydrogen-bond acceptors (Lipinski definition) is 3. The number of carbonyl (C=O) groups is 1. The Bertz CT molecular complexity index is 1410. The molecule has 0 saturated heterocycles. The standard InChI is InChI=1S/C26H21N3OS/c30-25(20-11-6-10-19-18-9-1-2-12-21(18)28-24(19)20)27-17-8-5-7-16(15-17)26-29-22-13-3-4-14-23(22)31-26/h3-8,10-11,13-15,28H,1-2,9,12H2,(H,27,30). The average Bonchev–Trinajstić information content (AvgIpc) is 3.41. The van der Waals surface area contributed by atoms with Crippen LogP contribution in [0.3, 0.4) is 0 Å². The number of hydrogen-bond donors (Lipinski definition) is 2. The van der Waals surface area contributed by atoms with E-state index in [4.69, 9.17) is 4.98 Å². The van der Waals surface area contributed by atoms with Crippen molar-refractivity contribution in [2.75, 3.05) is 5.32 Å². The number of nitrogens with zero attached hydrogens (tertiary/aromatic N) is 1. The predicted molar refractivity (Wildman–Crippen MR) is 128 cm³/mol. The zero-order chi connectivity index (χ0) is 20.8. The highest BCUT2D eigenvalue weighted by Crippen LogP contribution is 2.33. The Hall–Kier alpha value is -3.44. The van der Waals surface area contributed by atoms with Gasteiger partial charge in [0.15, 0.2) is 0 Å². The lowest BCUT2D eigenvalue weighted by Crippen LogP contribution is -2.12. The maximum atomic E-state index is 13.2. The second kappa shape index (κ2) is 7.36. The van der Waals surface area contributed by atoms with Crippen LogP contribution in [0.2, 0.25) is 0 Å². The summed E-state index contributed by atoms with van der Waals surface area (Å²) >= 11 is 1.66. The van der Waals surface area contributed by atoms with E-state index in [0.717, 1.165) is 44.8 Å². The second-order valence-electron chi connectivity index (χ2n) is 8.04. The molecule has 5 aromatic rings. The predicted octanol–water partition coefficient (Wildman–Crippen LogP) is 6.58. The van der Waals surface area contributed by atoms with E-state index in [1.807, 2.05) is 54.6 Å². The Labute approximate surface area is 184 Å². The lowest BCUT2D eigenvalue weighted by molar-refractivity contribution is 0.102. The monoisotopic (exact) mass is 423 g/mol. The molecule has 1 aliphatic carbocycles. The van der Waals surface area contributed by atoms with Gasteiger partial charge in [0.1, 0.15) is 5.01 Å².